The van der Waals surface area contributed by atoms with E-state index in [9.17, 15) is 5.11 Å². The lowest BCUT2D eigenvalue weighted by Gasteiger charge is -2.16. The van der Waals surface area contributed by atoms with Crippen LogP contribution in [0.3, 0.4) is 0 Å². The molecule has 1 aromatic carbocycles. The number of hydrogen-bond acceptors (Lipinski definition) is 2. The van der Waals surface area contributed by atoms with E-state index in [4.69, 9.17) is 4.74 Å². The fourth-order valence-electron chi connectivity index (χ4n) is 1.90. The Hall–Kier alpha value is -1.02. The minimum absolute atomic E-state index is 0.000949. The molecule has 0 aliphatic heterocycles. The molecule has 0 aromatic heterocycles. The summed E-state index contributed by atoms with van der Waals surface area (Å²) in [6.07, 6.45) is 2.14. The van der Waals surface area contributed by atoms with Gasteiger partial charge in [0.25, 0.3) is 0 Å². The molecule has 0 bridgehead atoms. The minimum Gasteiger partial charge on any atom is -0.496 e. The summed E-state index contributed by atoms with van der Waals surface area (Å²) in [7, 11) is 1.69. The number of ether oxygens (including phenoxy) is 1. The molecule has 1 aliphatic carbocycles. The topological polar surface area (TPSA) is 29.5 Å². The number of rotatable bonds is 3. The lowest BCUT2D eigenvalue weighted by molar-refractivity contribution is 0.251. The summed E-state index contributed by atoms with van der Waals surface area (Å²) in [5, 5.41) is 9.34. The average molecular weight is 192 g/mol. The molecule has 1 N–H and O–H groups in total. The largest absolute Gasteiger partial charge is 0.496 e. The molecule has 1 fully saturated rings. The van der Waals surface area contributed by atoms with Crippen LogP contribution in [0.5, 0.6) is 5.75 Å². The monoisotopic (exact) mass is 192 g/mol. The van der Waals surface area contributed by atoms with Crippen LogP contribution in [0.2, 0.25) is 0 Å². The van der Waals surface area contributed by atoms with E-state index >= 15 is 0 Å². The number of aryl methyl sites for hydroxylation is 1. The molecule has 0 radical (unpaired) electrons. The van der Waals surface area contributed by atoms with Crippen LogP contribution in [0.25, 0.3) is 0 Å². The molecule has 0 unspecified atom stereocenters. The second-order valence-corrected chi connectivity index (χ2v) is 4.14. The summed E-state index contributed by atoms with van der Waals surface area (Å²) in [6, 6.07) is 6.19. The van der Waals surface area contributed by atoms with Crippen molar-refractivity contribution in [3.8, 4) is 5.75 Å². The maximum absolute atomic E-state index is 9.34. The molecule has 1 saturated carbocycles. The molecular weight excluding hydrogens is 176 g/mol. The van der Waals surface area contributed by atoms with Gasteiger partial charge < -0.3 is 9.84 Å². The molecule has 0 atom stereocenters. The van der Waals surface area contributed by atoms with E-state index < -0.39 is 0 Å². The number of methoxy groups -OCH3 is 1. The number of hydrogen-bond donors (Lipinski definition) is 1. The van der Waals surface area contributed by atoms with Gasteiger partial charge in [-0.3, -0.25) is 0 Å². The maximum atomic E-state index is 9.34. The quantitative estimate of drug-likeness (QED) is 0.794. The Balaban J connectivity index is 2.42. The summed E-state index contributed by atoms with van der Waals surface area (Å²) < 4.78 is 5.34. The van der Waals surface area contributed by atoms with Crippen LogP contribution in [0.4, 0.5) is 0 Å². The zero-order valence-electron chi connectivity index (χ0n) is 8.71. The van der Waals surface area contributed by atoms with Crippen LogP contribution in [-0.2, 0) is 5.41 Å². The molecule has 2 heteroatoms. The lowest BCUT2D eigenvalue weighted by atomic mass is 9.95. The molecule has 2 rings (SSSR count). The van der Waals surface area contributed by atoms with Gasteiger partial charge >= 0.3 is 0 Å². The number of aliphatic hydroxyl groups is 1. The molecule has 0 amide bonds. The van der Waals surface area contributed by atoms with Crippen LogP contribution >= 0.6 is 0 Å². The normalized spacial score (nSPS) is 17.9. The van der Waals surface area contributed by atoms with Gasteiger partial charge in [-0.05, 0) is 31.4 Å². The zero-order valence-corrected chi connectivity index (χ0v) is 8.71. The molecule has 0 saturated heterocycles. The lowest BCUT2D eigenvalue weighted by Crippen LogP contribution is -2.13. The van der Waals surface area contributed by atoms with Crippen LogP contribution in [0.1, 0.15) is 24.0 Å². The van der Waals surface area contributed by atoms with Crippen molar-refractivity contribution in [3.63, 3.8) is 0 Å². The predicted octanol–water partition coefficient (Wildman–Crippen LogP) is 2.03. The second-order valence-electron chi connectivity index (χ2n) is 4.14. The second kappa shape index (κ2) is 3.28. The predicted molar refractivity (Wildman–Crippen MR) is 55.7 cm³/mol. The summed E-state index contributed by atoms with van der Waals surface area (Å²) in [5.41, 5.74) is 2.35. The van der Waals surface area contributed by atoms with Gasteiger partial charge in [0, 0.05) is 11.0 Å². The minimum atomic E-state index is -0.000949. The highest BCUT2D eigenvalue weighted by atomic mass is 16.5. The highest BCUT2D eigenvalue weighted by Gasteiger charge is 2.45. The third-order valence-electron chi connectivity index (χ3n) is 3.08. The third-order valence-corrected chi connectivity index (χ3v) is 3.08. The first-order valence-electron chi connectivity index (χ1n) is 4.98. The van der Waals surface area contributed by atoms with Gasteiger partial charge in [0.1, 0.15) is 5.75 Å². The van der Waals surface area contributed by atoms with Gasteiger partial charge in [-0.1, -0.05) is 12.1 Å². The molecule has 0 heterocycles. The van der Waals surface area contributed by atoms with Gasteiger partial charge in [0.15, 0.2) is 0 Å². The average Bonchev–Trinajstić information content (AvgIpc) is 2.98. The Morgan fingerprint density at radius 1 is 1.43 bits per heavy atom. The molecule has 1 aliphatic rings. The molecular formula is C12H16O2. The molecule has 76 valence electrons. The van der Waals surface area contributed by atoms with Crippen molar-refractivity contribution < 1.29 is 9.84 Å². The summed E-state index contributed by atoms with van der Waals surface area (Å²) in [5.74, 6) is 0.913. The highest BCUT2D eigenvalue weighted by Crippen LogP contribution is 2.50. The van der Waals surface area contributed by atoms with Gasteiger partial charge in [-0.15, -0.1) is 0 Å². The highest BCUT2D eigenvalue weighted by molar-refractivity contribution is 5.45. The van der Waals surface area contributed by atoms with E-state index in [-0.39, 0.29) is 12.0 Å². The van der Waals surface area contributed by atoms with Gasteiger partial charge in [-0.25, -0.2) is 0 Å². The van der Waals surface area contributed by atoms with Crippen LogP contribution in [-0.4, -0.2) is 18.8 Å². The first-order valence-corrected chi connectivity index (χ1v) is 4.98. The third kappa shape index (κ3) is 1.40. The zero-order chi connectivity index (χ0) is 10.2. The SMILES string of the molecule is COc1cc(C)ccc1C1(CO)CC1. The van der Waals surface area contributed by atoms with E-state index in [0.29, 0.717) is 0 Å². The Morgan fingerprint density at radius 2 is 2.14 bits per heavy atom. The molecule has 0 spiro atoms. The van der Waals surface area contributed by atoms with Crippen molar-refractivity contribution in [3.05, 3.63) is 29.3 Å². The molecule has 14 heavy (non-hydrogen) atoms. The Labute approximate surface area is 84.5 Å². The summed E-state index contributed by atoms with van der Waals surface area (Å²) in [6.45, 7) is 2.28. The van der Waals surface area contributed by atoms with Crippen molar-refractivity contribution in [2.24, 2.45) is 0 Å². The van der Waals surface area contributed by atoms with Crippen molar-refractivity contribution >= 4 is 0 Å². The van der Waals surface area contributed by atoms with Gasteiger partial charge in [-0.2, -0.15) is 0 Å². The molecule has 1 aromatic rings. The van der Waals surface area contributed by atoms with E-state index in [2.05, 4.69) is 12.1 Å². The summed E-state index contributed by atoms with van der Waals surface area (Å²) >= 11 is 0. The Bertz CT molecular complexity index is 340. The smallest absolute Gasteiger partial charge is 0.122 e. The van der Waals surface area contributed by atoms with Gasteiger partial charge in [0.2, 0.25) is 0 Å². The summed E-state index contributed by atoms with van der Waals surface area (Å²) in [4.78, 5) is 0. The number of aliphatic hydroxyl groups excluding tert-OH is 1. The standard InChI is InChI=1S/C12H16O2/c1-9-3-4-10(11(7-9)14-2)12(8-13)5-6-12/h3-4,7,13H,5-6,8H2,1-2H3. The van der Waals surface area contributed by atoms with Crippen LogP contribution in [0, 0.1) is 6.92 Å². The van der Waals surface area contributed by atoms with Crippen LogP contribution < -0.4 is 4.74 Å². The van der Waals surface area contributed by atoms with Gasteiger partial charge in [0.05, 0.1) is 13.7 Å². The van der Waals surface area contributed by atoms with E-state index in [1.807, 2.05) is 13.0 Å². The molecule has 2 nitrogen and oxygen atoms in total. The van der Waals surface area contributed by atoms with Crippen molar-refractivity contribution in [2.75, 3.05) is 13.7 Å². The Kier molecular flexibility index (Phi) is 2.23. The van der Waals surface area contributed by atoms with Crippen molar-refractivity contribution in [1.82, 2.24) is 0 Å². The van der Waals surface area contributed by atoms with E-state index in [1.165, 1.54) is 5.56 Å². The fourth-order valence-corrected chi connectivity index (χ4v) is 1.90. The number of benzene rings is 1. The van der Waals surface area contributed by atoms with Crippen molar-refractivity contribution in [2.45, 2.75) is 25.2 Å². The fraction of sp³-hybridized carbons (Fsp3) is 0.500. The van der Waals surface area contributed by atoms with Crippen LogP contribution in [0.15, 0.2) is 18.2 Å². The first-order chi connectivity index (χ1) is 6.72. The van der Waals surface area contributed by atoms with Crippen molar-refractivity contribution in [1.29, 1.82) is 0 Å². The van der Waals surface area contributed by atoms with E-state index in [1.54, 1.807) is 7.11 Å². The maximum Gasteiger partial charge on any atom is 0.122 e. The Morgan fingerprint density at radius 3 is 2.64 bits per heavy atom. The first kappa shape index (κ1) is 9.53. The van der Waals surface area contributed by atoms with E-state index in [0.717, 1.165) is 24.2 Å².